The molecule has 0 bridgehead atoms. The van der Waals surface area contributed by atoms with Crippen molar-refractivity contribution in [3.63, 3.8) is 0 Å². The normalized spacial score (nSPS) is 11.9. The molecule has 0 aliphatic rings. The highest BCUT2D eigenvalue weighted by atomic mass is 79.9. The fraction of sp³-hybridized carbons (Fsp3) is 0.400. The van der Waals surface area contributed by atoms with Crippen LogP contribution in [0.15, 0.2) is 20.4 Å². The Bertz CT molecular complexity index is 1110. The topological polar surface area (TPSA) is 129 Å². The standard InChI is InChI=1S/C20H23BrN4O6S2/c1-10-22-18(31-25-10)13(24-20-23-11(6-28-2)7-33-20)9-32-8-12-14(26)5-15(29-3)17(21)16(12)19(27)30-4/h5,7,13,26H,6,8-9H2,1-4H3,(H,23,24). The van der Waals surface area contributed by atoms with E-state index in [9.17, 15) is 9.90 Å². The Balaban J connectivity index is 1.80. The van der Waals surface area contributed by atoms with Gasteiger partial charge in [0.05, 0.1) is 36.6 Å². The molecule has 1 unspecified atom stereocenters. The van der Waals surface area contributed by atoms with Crippen LogP contribution in [0.3, 0.4) is 0 Å². The summed E-state index contributed by atoms with van der Waals surface area (Å²) in [5.74, 6) is 1.43. The first kappa shape index (κ1) is 25.3. The van der Waals surface area contributed by atoms with Crippen molar-refractivity contribution in [3.8, 4) is 11.5 Å². The van der Waals surface area contributed by atoms with Gasteiger partial charge in [-0.15, -0.1) is 11.3 Å². The molecule has 0 fully saturated rings. The summed E-state index contributed by atoms with van der Waals surface area (Å²) in [6, 6.07) is 1.11. The molecule has 2 N–H and O–H groups in total. The number of carbonyl (C=O) groups is 1. The van der Waals surface area contributed by atoms with Crippen molar-refractivity contribution < 1.29 is 28.6 Å². The van der Waals surface area contributed by atoms with Crippen LogP contribution in [0.5, 0.6) is 11.5 Å². The quantitative estimate of drug-likeness (QED) is 0.326. The fourth-order valence-electron chi connectivity index (χ4n) is 2.91. The first-order valence-electron chi connectivity index (χ1n) is 9.62. The Hall–Kier alpha value is -2.35. The molecule has 178 valence electrons. The van der Waals surface area contributed by atoms with Crippen molar-refractivity contribution in [2.75, 3.05) is 32.4 Å². The van der Waals surface area contributed by atoms with Gasteiger partial charge in [0.2, 0.25) is 5.89 Å². The van der Waals surface area contributed by atoms with Gasteiger partial charge in [0.15, 0.2) is 11.0 Å². The van der Waals surface area contributed by atoms with E-state index in [1.54, 1.807) is 14.0 Å². The van der Waals surface area contributed by atoms with Crippen LogP contribution in [0.2, 0.25) is 0 Å². The van der Waals surface area contributed by atoms with Crippen LogP contribution in [0, 0.1) is 6.92 Å². The Morgan fingerprint density at radius 1 is 1.36 bits per heavy atom. The largest absolute Gasteiger partial charge is 0.507 e. The van der Waals surface area contributed by atoms with Crippen LogP contribution in [-0.2, 0) is 21.8 Å². The molecule has 3 rings (SSSR count). The summed E-state index contributed by atoms with van der Waals surface area (Å²) in [6.07, 6.45) is 0. The number of methoxy groups -OCH3 is 3. The number of halogens is 1. The number of rotatable bonds is 11. The second-order valence-electron chi connectivity index (χ2n) is 6.73. The van der Waals surface area contributed by atoms with Gasteiger partial charge in [0.1, 0.15) is 17.5 Å². The molecule has 0 saturated carbocycles. The molecule has 0 radical (unpaired) electrons. The van der Waals surface area contributed by atoms with E-state index in [0.29, 0.717) is 50.7 Å². The average molecular weight is 559 g/mol. The second kappa shape index (κ2) is 11.7. The maximum absolute atomic E-state index is 12.4. The van der Waals surface area contributed by atoms with E-state index in [-0.39, 0.29) is 17.4 Å². The molecular weight excluding hydrogens is 536 g/mol. The number of aryl methyl sites for hydroxylation is 1. The van der Waals surface area contributed by atoms with E-state index in [2.05, 4.69) is 36.4 Å². The number of anilines is 1. The summed E-state index contributed by atoms with van der Waals surface area (Å²) < 4.78 is 21.1. The van der Waals surface area contributed by atoms with Crippen LogP contribution in [-0.4, -0.2) is 53.3 Å². The number of hydrogen-bond acceptors (Lipinski definition) is 12. The minimum Gasteiger partial charge on any atom is -0.507 e. The molecule has 2 aromatic heterocycles. The minimum atomic E-state index is -0.581. The average Bonchev–Trinajstić information content (AvgIpc) is 3.43. The predicted octanol–water partition coefficient (Wildman–Crippen LogP) is 4.33. The smallest absolute Gasteiger partial charge is 0.339 e. The van der Waals surface area contributed by atoms with Crippen molar-refractivity contribution in [1.82, 2.24) is 15.1 Å². The van der Waals surface area contributed by atoms with Gasteiger partial charge in [0, 0.05) is 35.6 Å². The zero-order valence-corrected chi connectivity index (χ0v) is 21.6. The lowest BCUT2D eigenvalue weighted by Gasteiger charge is -2.17. The van der Waals surface area contributed by atoms with Crippen LogP contribution in [0.4, 0.5) is 5.13 Å². The maximum Gasteiger partial charge on any atom is 0.339 e. The highest BCUT2D eigenvalue weighted by molar-refractivity contribution is 9.10. The number of nitrogens with one attached hydrogen (secondary N) is 1. The number of nitrogens with zero attached hydrogens (tertiary/aromatic N) is 3. The number of ether oxygens (including phenoxy) is 3. The van der Waals surface area contributed by atoms with Gasteiger partial charge in [-0.25, -0.2) is 9.78 Å². The summed E-state index contributed by atoms with van der Waals surface area (Å²) >= 11 is 6.29. The monoisotopic (exact) mass is 558 g/mol. The number of thiazole rings is 1. The first-order chi connectivity index (χ1) is 15.9. The molecule has 0 aliphatic heterocycles. The summed E-state index contributed by atoms with van der Waals surface area (Å²) in [7, 11) is 4.35. The summed E-state index contributed by atoms with van der Waals surface area (Å²) in [6.45, 7) is 2.16. The van der Waals surface area contributed by atoms with Gasteiger partial charge < -0.3 is 29.2 Å². The molecule has 33 heavy (non-hydrogen) atoms. The molecular formula is C20H23BrN4O6S2. The molecule has 1 atom stereocenters. The molecule has 13 heteroatoms. The lowest BCUT2D eigenvalue weighted by atomic mass is 10.1. The zero-order valence-electron chi connectivity index (χ0n) is 18.4. The van der Waals surface area contributed by atoms with Crippen molar-refractivity contribution in [1.29, 1.82) is 0 Å². The lowest BCUT2D eigenvalue weighted by molar-refractivity contribution is 0.0597. The zero-order chi connectivity index (χ0) is 24.0. The first-order valence-corrected chi connectivity index (χ1v) is 12.4. The Labute approximate surface area is 207 Å². The Morgan fingerprint density at radius 3 is 2.79 bits per heavy atom. The van der Waals surface area contributed by atoms with Crippen LogP contribution < -0.4 is 10.1 Å². The number of thioether (sulfide) groups is 1. The molecule has 2 heterocycles. The third-order valence-corrected chi connectivity index (χ3v) is 7.11. The molecule has 0 saturated heterocycles. The molecule has 10 nitrogen and oxygen atoms in total. The number of phenolic OH excluding ortho intramolecular Hbond substituents is 1. The van der Waals surface area contributed by atoms with Crippen LogP contribution in [0.1, 0.15) is 39.4 Å². The van der Waals surface area contributed by atoms with E-state index in [1.807, 2.05) is 5.38 Å². The maximum atomic E-state index is 12.4. The van der Waals surface area contributed by atoms with Gasteiger partial charge >= 0.3 is 5.97 Å². The van der Waals surface area contributed by atoms with E-state index >= 15 is 0 Å². The number of phenols is 1. The van der Waals surface area contributed by atoms with Crippen molar-refractivity contribution in [3.05, 3.63) is 44.5 Å². The highest BCUT2D eigenvalue weighted by Gasteiger charge is 2.25. The fourth-order valence-corrected chi connectivity index (χ4v) is 5.41. The van der Waals surface area contributed by atoms with Crippen molar-refractivity contribution in [2.45, 2.75) is 25.3 Å². The molecule has 1 aromatic carbocycles. The molecule has 0 spiro atoms. The summed E-state index contributed by atoms with van der Waals surface area (Å²) in [4.78, 5) is 21.2. The molecule has 0 amide bonds. The van der Waals surface area contributed by atoms with Gasteiger partial charge in [-0.1, -0.05) is 5.16 Å². The number of hydrogen-bond donors (Lipinski definition) is 2. The second-order valence-corrected chi connectivity index (χ2v) is 9.41. The van der Waals surface area contributed by atoms with Gasteiger partial charge in [-0.3, -0.25) is 0 Å². The lowest BCUT2D eigenvalue weighted by Crippen LogP contribution is -2.14. The summed E-state index contributed by atoms with van der Waals surface area (Å²) in [5, 5.41) is 20.3. The third-order valence-electron chi connectivity index (χ3n) is 4.44. The van der Waals surface area contributed by atoms with Crippen molar-refractivity contribution >= 4 is 50.1 Å². The minimum absolute atomic E-state index is 0.0646. The third kappa shape index (κ3) is 6.16. The van der Waals surface area contributed by atoms with E-state index in [4.69, 9.17) is 18.7 Å². The number of aromatic hydroxyl groups is 1. The Morgan fingerprint density at radius 2 is 2.15 bits per heavy atom. The predicted molar refractivity (Wildman–Crippen MR) is 128 cm³/mol. The van der Waals surface area contributed by atoms with E-state index in [1.165, 1.54) is 43.4 Å². The van der Waals surface area contributed by atoms with Crippen LogP contribution in [0.25, 0.3) is 0 Å². The van der Waals surface area contributed by atoms with Crippen molar-refractivity contribution in [2.24, 2.45) is 0 Å². The number of carbonyl (C=O) groups excluding carboxylic acids is 1. The van der Waals surface area contributed by atoms with Crippen LogP contribution >= 0.6 is 39.0 Å². The Kier molecular flexibility index (Phi) is 8.95. The van der Waals surface area contributed by atoms with Gasteiger partial charge in [-0.2, -0.15) is 16.7 Å². The number of benzene rings is 1. The number of aromatic nitrogens is 3. The van der Waals surface area contributed by atoms with Gasteiger partial charge in [-0.05, 0) is 22.9 Å². The number of esters is 1. The highest BCUT2D eigenvalue weighted by Crippen LogP contribution is 2.39. The van der Waals surface area contributed by atoms with Gasteiger partial charge in [0.25, 0.3) is 0 Å². The van der Waals surface area contributed by atoms with E-state index < -0.39 is 5.97 Å². The molecule has 3 aromatic rings. The SMILES string of the molecule is COCc1csc(NC(CSCc2c(O)cc(OC)c(Br)c2C(=O)OC)c2nc(C)no2)n1. The summed E-state index contributed by atoms with van der Waals surface area (Å²) in [5.41, 5.74) is 1.45. The van der Waals surface area contributed by atoms with E-state index in [0.717, 1.165) is 5.69 Å². The molecule has 0 aliphatic carbocycles.